The van der Waals surface area contributed by atoms with Gasteiger partial charge in [-0.05, 0) is 13.0 Å². The summed E-state index contributed by atoms with van der Waals surface area (Å²) in [6, 6.07) is -0.0803. The molecule has 0 aromatic rings. The van der Waals surface area contributed by atoms with Crippen LogP contribution in [0, 0.1) is 0 Å². The Morgan fingerprint density at radius 2 is 2.43 bits per heavy atom. The highest BCUT2D eigenvalue weighted by atomic mass is 19.2. The van der Waals surface area contributed by atoms with Crippen LogP contribution in [-0.4, -0.2) is 6.04 Å². The van der Waals surface area contributed by atoms with Gasteiger partial charge in [0.25, 0.3) is 0 Å². The van der Waals surface area contributed by atoms with Gasteiger partial charge in [0.15, 0.2) is 0 Å². The molecule has 0 rings (SSSR count). The molecule has 0 spiro atoms. The van der Waals surface area contributed by atoms with Crippen molar-refractivity contribution in [3.63, 3.8) is 0 Å². The van der Waals surface area contributed by atoms with Gasteiger partial charge < -0.3 is 5.73 Å². The number of nitrogens with two attached hydrogens (primary N) is 1. The smallest absolute Gasteiger partial charge is 0.0269 e. The summed E-state index contributed by atoms with van der Waals surface area (Å²) < 4.78 is 11.0. The van der Waals surface area contributed by atoms with Crippen LogP contribution in [0.4, 0.5) is 4.48 Å². The zero-order chi connectivity index (χ0) is 5.70. The second kappa shape index (κ2) is 3.61. The topological polar surface area (TPSA) is 38.0 Å². The molecule has 0 aliphatic heterocycles. The normalized spacial score (nSPS) is 14.7. The lowest BCUT2D eigenvalue weighted by Crippen LogP contribution is -2.10. The first-order valence-electron chi connectivity index (χ1n) is 2.06. The summed E-state index contributed by atoms with van der Waals surface area (Å²) in [4.78, 5) is 0. The van der Waals surface area contributed by atoms with Gasteiger partial charge in [-0.15, -0.1) is 4.48 Å². The highest BCUT2D eigenvalue weighted by Gasteiger charge is 1.78. The Hall–Kier alpha value is -0.570. The van der Waals surface area contributed by atoms with Crippen LogP contribution in [0.2, 0.25) is 0 Å². The molecule has 0 aromatic heterocycles. The van der Waals surface area contributed by atoms with Gasteiger partial charge in [0, 0.05) is 12.2 Å². The van der Waals surface area contributed by atoms with E-state index in [-0.39, 0.29) is 6.04 Å². The molecule has 0 amide bonds. The van der Waals surface area contributed by atoms with Crippen LogP contribution in [0.15, 0.2) is 12.3 Å². The van der Waals surface area contributed by atoms with Gasteiger partial charge in [-0.2, -0.15) is 0 Å². The molecular weight excluding hydrogens is 95.1 g/mol. The first kappa shape index (κ1) is 6.43. The average Bonchev–Trinajstić information content (AvgIpc) is 1.61. The van der Waals surface area contributed by atoms with E-state index in [0.29, 0.717) is 0 Å². The standard InChI is InChI=1S/C4H9FN2/c1-4(6)2-3-7-5/h2-4,7H,6H2,1H3/b3-2-. The lowest BCUT2D eigenvalue weighted by Gasteiger charge is -1.89. The van der Waals surface area contributed by atoms with Crippen LogP contribution < -0.4 is 11.3 Å². The molecule has 0 aliphatic carbocycles. The third-order valence-corrected chi connectivity index (χ3v) is 0.463. The molecule has 7 heavy (non-hydrogen) atoms. The number of hydrogen-bond acceptors (Lipinski definition) is 2. The minimum absolute atomic E-state index is 0.0803. The van der Waals surface area contributed by atoms with Crippen LogP contribution in [0.1, 0.15) is 6.92 Å². The maximum Gasteiger partial charge on any atom is 0.0269 e. The van der Waals surface area contributed by atoms with Crippen LogP contribution in [0.25, 0.3) is 0 Å². The van der Waals surface area contributed by atoms with Crippen molar-refractivity contribution in [1.82, 2.24) is 5.54 Å². The van der Waals surface area contributed by atoms with Crippen molar-refractivity contribution in [3.8, 4) is 0 Å². The first-order chi connectivity index (χ1) is 3.27. The maximum atomic E-state index is 11.0. The van der Waals surface area contributed by atoms with Crippen molar-refractivity contribution in [2.24, 2.45) is 5.73 Å². The fourth-order valence-electron chi connectivity index (χ4n) is 0.188. The van der Waals surface area contributed by atoms with E-state index >= 15 is 0 Å². The summed E-state index contributed by atoms with van der Waals surface area (Å²) in [5.74, 6) is 0. The van der Waals surface area contributed by atoms with E-state index in [1.54, 1.807) is 6.92 Å². The Kier molecular flexibility index (Phi) is 3.32. The molecule has 0 fully saturated rings. The van der Waals surface area contributed by atoms with E-state index in [0.717, 1.165) is 6.20 Å². The lowest BCUT2D eigenvalue weighted by molar-refractivity contribution is 0.405. The van der Waals surface area contributed by atoms with Crippen LogP contribution in [0.3, 0.4) is 0 Å². The van der Waals surface area contributed by atoms with Crippen molar-refractivity contribution >= 4 is 0 Å². The van der Waals surface area contributed by atoms with Crippen molar-refractivity contribution in [2.45, 2.75) is 13.0 Å². The molecule has 1 unspecified atom stereocenters. The molecule has 3 heteroatoms. The fourth-order valence-corrected chi connectivity index (χ4v) is 0.188. The van der Waals surface area contributed by atoms with Crippen molar-refractivity contribution in [1.29, 1.82) is 0 Å². The number of rotatable bonds is 2. The number of halogens is 1. The summed E-state index contributed by atoms with van der Waals surface area (Å²) >= 11 is 0. The van der Waals surface area contributed by atoms with E-state index in [4.69, 9.17) is 5.73 Å². The Bertz CT molecular complexity index is 60.7. The van der Waals surface area contributed by atoms with Crippen molar-refractivity contribution in [3.05, 3.63) is 12.3 Å². The monoisotopic (exact) mass is 104 g/mol. The van der Waals surface area contributed by atoms with Gasteiger partial charge >= 0.3 is 0 Å². The van der Waals surface area contributed by atoms with E-state index < -0.39 is 0 Å². The van der Waals surface area contributed by atoms with Gasteiger partial charge in [-0.25, -0.2) is 5.54 Å². The zero-order valence-electron chi connectivity index (χ0n) is 4.19. The predicted molar refractivity (Wildman–Crippen MR) is 27.0 cm³/mol. The van der Waals surface area contributed by atoms with Crippen LogP contribution >= 0.6 is 0 Å². The molecule has 0 radical (unpaired) electrons. The number of hydrogen-bond donors (Lipinski definition) is 2. The second-order valence-corrected chi connectivity index (χ2v) is 1.33. The Balaban J connectivity index is 3.08. The molecule has 0 aromatic carbocycles. The molecule has 0 aliphatic rings. The van der Waals surface area contributed by atoms with Gasteiger partial charge in [0.2, 0.25) is 0 Å². The molecule has 3 N–H and O–H groups in total. The SMILES string of the molecule is CC(N)/C=C\NF. The summed E-state index contributed by atoms with van der Waals surface area (Å²) in [6.45, 7) is 1.76. The van der Waals surface area contributed by atoms with E-state index in [1.807, 2.05) is 0 Å². The van der Waals surface area contributed by atoms with Gasteiger partial charge in [-0.3, -0.25) is 0 Å². The van der Waals surface area contributed by atoms with Crippen LogP contribution in [0.5, 0.6) is 0 Å². The largest absolute Gasteiger partial charge is 0.325 e. The molecule has 2 nitrogen and oxygen atoms in total. The predicted octanol–water partition coefficient (Wildman–Crippen LogP) is 0.321. The van der Waals surface area contributed by atoms with E-state index in [9.17, 15) is 4.48 Å². The molecule has 0 saturated carbocycles. The summed E-state index contributed by atoms with van der Waals surface area (Å²) in [6.07, 6.45) is 2.67. The van der Waals surface area contributed by atoms with Crippen molar-refractivity contribution in [2.75, 3.05) is 0 Å². The van der Waals surface area contributed by atoms with Crippen LogP contribution in [-0.2, 0) is 0 Å². The van der Waals surface area contributed by atoms with Gasteiger partial charge in [0.05, 0.1) is 0 Å². The third-order valence-electron chi connectivity index (χ3n) is 0.463. The van der Waals surface area contributed by atoms with Gasteiger partial charge in [-0.1, -0.05) is 0 Å². The minimum Gasteiger partial charge on any atom is -0.325 e. The quantitative estimate of drug-likeness (QED) is 0.495. The highest BCUT2D eigenvalue weighted by molar-refractivity contribution is 4.84. The minimum atomic E-state index is -0.0803. The average molecular weight is 104 g/mol. The molecule has 0 bridgehead atoms. The third kappa shape index (κ3) is 5.43. The second-order valence-electron chi connectivity index (χ2n) is 1.33. The molecular formula is C4H9FN2. The van der Waals surface area contributed by atoms with Gasteiger partial charge in [0.1, 0.15) is 0 Å². The zero-order valence-corrected chi connectivity index (χ0v) is 4.19. The fraction of sp³-hybridized carbons (Fsp3) is 0.500. The van der Waals surface area contributed by atoms with E-state index in [1.165, 1.54) is 11.6 Å². The highest BCUT2D eigenvalue weighted by Crippen LogP contribution is 1.73. The summed E-state index contributed by atoms with van der Waals surface area (Å²) in [7, 11) is 0. The Labute approximate surface area is 42.1 Å². The molecule has 0 heterocycles. The summed E-state index contributed by atoms with van der Waals surface area (Å²) in [5, 5.41) is 0. The Morgan fingerprint density at radius 3 is 2.57 bits per heavy atom. The molecule has 42 valence electrons. The van der Waals surface area contributed by atoms with E-state index in [2.05, 4.69) is 0 Å². The number of nitrogens with one attached hydrogen (secondary N) is 1. The first-order valence-corrected chi connectivity index (χ1v) is 2.06. The Morgan fingerprint density at radius 1 is 1.86 bits per heavy atom. The molecule has 1 atom stereocenters. The maximum absolute atomic E-state index is 11.0. The summed E-state index contributed by atoms with van der Waals surface area (Å²) in [5.41, 5.74) is 6.52. The lowest BCUT2D eigenvalue weighted by atomic mass is 10.4. The molecule has 0 saturated heterocycles. The van der Waals surface area contributed by atoms with Crippen molar-refractivity contribution < 1.29 is 4.48 Å².